The first-order valence-corrected chi connectivity index (χ1v) is 8.65. The Hall–Kier alpha value is -3.02. The van der Waals surface area contributed by atoms with Crippen LogP contribution in [-0.2, 0) is 11.4 Å². The lowest BCUT2D eigenvalue weighted by Crippen LogP contribution is -2.04. The summed E-state index contributed by atoms with van der Waals surface area (Å²) in [6.07, 6.45) is 0. The maximum absolute atomic E-state index is 14.0. The molecule has 3 aromatic carbocycles. The summed E-state index contributed by atoms with van der Waals surface area (Å²) in [5, 5.41) is 2.13. The van der Waals surface area contributed by atoms with E-state index in [2.05, 4.69) is 10.5 Å². The molecule has 0 atom stereocenters. The van der Waals surface area contributed by atoms with E-state index in [1.807, 2.05) is 30.3 Å². The van der Waals surface area contributed by atoms with Crippen molar-refractivity contribution in [2.24, 2.45) is 0 Å². The van der Waals surface area contributed by atoms with E-state index < -0.39 is 5.82 Å². The molecule has 4 rings (SSSR count). The molecule has 1 aromatic heterocycles. The predicted molar refractivity (Wildman–Crippen MR) is 105 cm³/mol. The summed E-state index contributed by atoms with van der Waals surface area (Å²) in [6, 6.07) is 18.9. The highest BCUT2D eigenvalue weighted by molar-refractivity contribution is 6.31. The third kappa shape index (κ3) is 3.35. The number of benzene rings is 3. The van der Waals surface area contributed by atoms with E-state index in [9.17, 15) is 9.18 Å². The van der Waals surface area contributed by atoms with Crippen LogP contribution < -0.4 is 11.0 Å². The summed E-state index contributed by atoms with van der Waals surface area (Å²) in [5.41, 5.74) is 3.92. The fraction of sp³-hybridized carbons (Fsp3) is 0.0476. The van der Waals surface area contributed by atoms with E-state index in [-0.39, 0.29) is 22.8 Å². The third-order valence-electron chi connectivity index (χ3n) is 4.27. The molecular weight excluding hydrogens is 367 g/mol. The molecule has 0 amide bonds. The average molecular weight is 381 g/mol. The van der Waals surface area contributed by atoms with Gasteiger partial charge >= 0.3 is 0 Å². The molecule has 0 fully saturated rings. The van der Waals surface area contributed by atoms with Gasteiger partial charge in [0.2, 0.25) is 0 Å². The number of aromatic nitrogens is 1. The number of rotatable bonds is 4. The monoisotopic (exact) mass is 380 g/mol. The lowest BCUT2D eigenvalue weighted by molar-refractivity contribution is 0.178. The van der Waals surface area contributed by atoms with Crippen molar-refractivity contribution in [1.82, 2.24) is 4.98 Å². The summed E-state index contributed by atoms with van der Waals surface area (Å²) < 4.78 is 14.0. The number of nitrogens with zero attached hydrogens (tertiary/aromatic N) is 1. The predicted octanol–water partition coefficient (Wildman–Crippen LogP) is 5.08. The van der Waals surface area contributed by atoms with Gasteiger partial charge in [0.25, 0.3) is 5.56 Å². The van der Waals surface area contributed by atoms with Gasteiger partial charge in [0.05, 0.1) is 16.6 Å². The SMILES string of the molecule is O=c1nc2ccccc2c(NOCc2c(F)cccc2Cl)c2ccccc12. The van der Waals surface area contributed by atoms with Gasteiger partial charge in [-0.15, -0.1) is 0 Å². The van der Waals surface area contributed by atoms with Gasteiger partial charge in [0, 0.05) is 21.4 Å². The molecule has 6 heteroatoms. The normalized spacial score (nSPS) is 11.0. The van der Waals surface area contributed by atoms with Gasteiger partial charge in [-0.3, -0.25) is 15.1 Å². The Kier molecular flexibility index (Phi) is 4.71. The van der Waals surface area contributed by atoms with Crippen molar-refractivity contribution in [3.8, 4) is 0 Å². The molecule has 0 bridgehead atoms. The molecule has 1 N–H and O–H groups in total. The van der Waals surface area contributed by atoms with E-state index in [1.54, 1.807) is 24.3 Å². The molecule has 0 radical (unpaired) electrons. The van der Waals surface area contributed by atoms with E-state index in [4.69, 9.17) is 16.4 Å². The Morgan fingerprint density at radius 3 is 2.41 bits per heavy atom. The smallest absolute Gasteiger partial charge is 0.271 e. The van der Waals surface area contributed by atoms with Gasteiger partial charge in [-0.2, -0.15) is 0 Å². The number of nitrogens with one attached hydrogen (secondary N) is 1. The second-order valence-electron chi connectivity index (χ2n) is 5.95. The van der Waals surface area contributed by atoms with Crippen molar-refractivity contribution in [3.63, 3.8) is 0 Å². The van der Waals surface area contributed by atoms with Crippen LogP contribution in [0.4, 0.5) is 10.1 Å². The Bertz CT molecular complexity index is 1190. The standard InChI is InChI=1S/C21H14ClFN2O2/c22-17-9-5-10-18(23)16(17)12-27-25-20-13-6-1-2-7-14(13)21(26)24-19-11-4-3-8-15(19)20/h1-11,25H,12H2. The number of fused-ring (bicyclic) bond motifs is 2. The summed E-state index contributed by atoms with van der Waals surface area (Å²) in [4.78, 5) is 22.2. The van der Waals surface area contributed by atoms with Gasteiger partial charge in [-0.05, 0) is 24.3 Å². The van der Waals surface area contributed by atoms with Crippen LogP contribution in [0.5, 0.6) is 0 Å². The molecule has 27 heavy (non-hydrogen) atoms. The van der Waals surface area contributed by atoms with Crippen LogP contribution >= 0.6 is 11.6 Å². The highest BCUT2D eigenvalue weighted by atomic mass is 35.5. The topological polar surface area (TPSA) is 51.2 Å². The summed E-state index contributed by atoms with van der Waals surface area (Å²) >= 11 is 6.04. The van der Waals surface area contributed by atoms with Gasteiger partial charge < -0.3 is 0 Å². The van der Waals surface area contributed by atoms with Gasteiger partial charge in [0.15, 0.2) is 0 Å². The first-order chi connectivity index (χ1) is 13.1. The van der Waals surface area contributed by atoms with Gasteiger partial charge in [-0.25, -0.2) is 9.37 Å². The minimum Gasteiger partial charge on any atom is -0.271 e. The number of anilines is 1. The molecule has 134 valence electrons. The van der Waals surface area contributed by atoms with Crippen LogP contribution in [0.15, 0.2) is 71.5 Å². The molecule has 1 heterocycles. The number of para-hydroxylation sites is 1. The maximum atomic E-state index is 14.0. The highest BCUT2D eigenvalue weighted by Gasteiger charge is 2.11. The second kappa shape index (κ2) is 7.31. The number of hydrogen-bond acceptors (Lipinski definition) is 4. The molecule has 0 saturated heterocycles. The van der Waals surface area contributed by atoms with E-state index in [0.717, 1.165) is 5.39 Å². The number of hydrogen-bond donors (Lipinski definition) is 1. The molecule has 4 aromatic rings. The molecule has 4 nitrogen and oxygen atoms in total. The fourth-order valence-electron chi connectivity index (χ4n) is 2.95. The molecule has 0 aliphatic carbocycles. The van der Waals surface area contributed by atoms with Crippen molar-refractivity contribution in [3.05, 3.63) is 93.5 Å². The van der Waals surface area contributed by atoms with Crippen molar-refractivity contribution in [1.29, 1.82) is 0 Å². The number of halogens is 2. The Morgan fingerprint density at radius 1 is 0.926 bits per heavy atom. The summed E-state index contributed by atoms with van der Waals surface area (Å²) in [5.74, 6) is -0.443. The van der Waals surface area contributed by atoms with Crippen LogP contribution in [0.1, 0.15) is 5.56 Å². The zero-order chi connectivity index (χ0) is 18.8. The zero-order valence-electron chi connectivity index (χ0n) is 14.1. The van der Waals surface area contributed by atoms with Crippen molar-refractivity contribution < 1.29 is 9.23 Å². The van der Waals surface area contributed by atoms with E-state index >= 15 is 0 Å². The minimum absolute atomic E-state index is 0.0789. The van der Waals surface area contributed by atoms with Crippen LogP contribution in [0.25, 0.3) is 21.7 Å². The van der Waals surface area contributed by atoms with Crippen LogP contribution in [-0.4, -0.2) is 4.98 Å². The first-order valence-electron chi connectivity index (χ1n) is 8.27. The average Bonchev–Trinajstić information content (AvgIpc) is 2.79. The summed E-state index contributed by atoms with van der Waals surface area (Å²) in [6.45, 7) is -0.0789. The molecule has 0 saturated carbocycles. The Balaban J connectivity index is 1.80. The maximum Gasteiger partial charge on any atom is 0.278 e. The lowest BCUT2D eigenvalue weighted by atomic mass is 10.1. The van der Waals surface area contributed by atoms with E-state index in [0.29, 0.717) is 22.0 Å². The van der Waals surface area contributed by atoms with Crippen LogP contribution in [0, 0.1) is 5.82 Å². The Morgan fingerprint density at radius 2 is 1.63 bits per heavy atom. The van der Waals surface area contributed by atoms with Crippen molar-refractivity contribution >= 4 is 39.0 Å². The van der Waals surface area contributed by atoms with Crippen molar-refractivity contribution in [2.75, 3.05) is 5.48 Å². The third-order valence-corrected chi connectivity index (χ3v) is 4.63. The van der Waals surface area contributed by atoms with Gasteiger partial charge in [0.1, 0.15) is 12.4 Å². The first kappa shape index (κ1) is 17.4. The van der Waals surface area contributed by atoms with Crippen LogP contribution in [0.3, 0.4) is 0 Å². The molecular formula is C21H14ClFN2O2. The lowest BCUT2D eigenvalue weighted by Gasteiger charge is -2.11. The van der Waals surface area contributed by atoms with Gasteiger partial charge in [-0.1, -0.05) is 54.1 Å². The molecule has 0 aliphatic heterocycles. The molecule has 0 aliphatic rings. The van der Waals surface area contributed by atoms with Crippen molar-refractivity contribution in [2.45, 2.75) is 6.61 Å². The zero-order valence-corrected chi connectivity index (χ0v) is 14.8. The van der Waals surface area contributed by atoms with Crippen LogP contribution in [0.2, 0.25) is 5.02 Å². The Labute approximate surface area is 159 Å². The largest absolute Gasteiger partial charge is 0.278 e. The fourth-order valence-corrected chi connectivity index (χ4v) is 3.16. The molecule has 0 spiro atoms. The molecule has 0 unspecified atom stereocenters. The second-order valence-corrected chi connectivity index (χ2v) is 6.35. The highest BCUT2D eigenvalue weighted by Crippen LogP contribution is 2.28. The summed E-state index contributed by atoms with van der Waals surface area (Å²) in [7, 11) is 0. The minimum atomic E-state index is -0.443. The van der Waals surface area contributed by atoms with E-state index in [1.165, 1.54) is 12.1 Å². The quantitative estimate of drug-likeness (QED) is 0.501.